The molecule has 1 aliphatic rings. The summed E-state index contributed by atoms with van der Waals surface area (Å²) >= 11 is 0. The average molecular weight is 1390 g/mol. The summed E-state index contributed by atoms with van der Waals surface area (Å²) < 4.78 is 2.50. The minimum absolute atomic E-state index is 0.257. The van der Waals surface area contributed by atoms with Gasteiger partial charge in [-0.3, -0.25) is 0 Å². The molecule has 0 amide bonds. The zero-order valence-corrected chi connectivity index (χ0v) is 60.4. The Kier molecular flexibility index (Phi) is 11.4. The van der Waals surface area contributed by atoms with Gasteiger partial charge >= 0.3 is 0 Å². The van der Waals surface area contributed by atoms with Crippen molar-refractivity contribution in [2.45, 2.75) is 19.3 Å². The Labute approximate surface area is 632 Å². The molecule has 0 aliphatic heterocycles. The predicted molar refractivity (Wildman–Crippen MR) is 473 cm³/mol. The number of benzene rings is 20. The molecular weight excluding hydrogens is 1320 g/mol. The molecule has 0 bridgehead atoms. The van der Waals surface area contributed by atoms with E-state index >= 15 is 0 Å². The molecule has 0 N–H and O–H groups in total. The number of hydrogen-bond donors (Lipinski definition) is 0. The van der Waals surface area contributed by atoms with E-state index in [4.69, 9.17) is 0 Å². The fourth-order valence-electron chi connectivity index (χ4n) is 21.8. The highest BCUT2D eigenvalue weighted by Gasteiger charge is 2.39. The van der Waals surface area contributed by atoms with Gasteiger partial charge in [-0.25, -0.2) is 0 Å². The Morgan fingerprint density at radius 2 is 0.545 bits per heavy atom. The van der Waals surface area contributed by atoms with Crippen LogP contribution in [0, 0.1) is 0 Å². The van der Waals surface area contributed by atoms with E-state index in [0.717, 1.165) is 5.69 Å². The van der Waals surface area contributed by atoms with Gasteiger partial charge in [0.25, 0.3) is 0 Å². The quantitative estimate of drug-likeness (QED) is 0.146. The number of para-hydroxylation sites is 2. The van der Waals surface area contributed by atoms with Crippen molar-refractivity contribution in [1.29, 1.82) is 0 Å². The molecule has 0 fully saturated rings. The first kappa shape index (κ1) is 59.2. The zero-order valence-electron chi connectivity index (χ0n) is 60.4. The van der Waals surface area contributed by atoms with E-state index in [1.807, 2.05) is 0 Å². The molecule has 0 unspecified atom stereocenters. The first-order valence-electron chi connectivity index (χ1n) is 38.8. The number of hydrogen-bond acceptors (Lipinski definition) is 0. The molecule has 25 aromatic rings. The Morgan fingerprint density at radius 1 is 0.182 bits per heavy atom. The fraction of sp³-hybridized carbons (Fsp3) is 0.0275. The van der Waals surface area contributed by atoms with Crippen LogP contribution < -0.4 is 0 Å². The smallest absolute Gasteiger partial charge is 0.0553 e. The molecule has 1 heterocycles. The molecular formula is C109H63N. The first-order valence-corrected chi connectivity index (χ1v) is 38.8. The summed E-state index contributed by atoms with van der Waals surface area (Å²) in [6, 6.07) is 133. The lowest BCUT2D eigenvalue weighted by molar-refractivity contribution is 0.662. The van der Waals surface area contributed by atoms with Crippen LogP contribution >= 0.6 is 0 Å². The van der Waals surface area contributed by atoms with Crippen LogP contribution in [0.5, 0.6) is 0 Å². The van der Waals surface area contributed by atoms with Gasteiger partial charge in [-0.1, -0.05) is 305 Å². The third kappa shape index (κ3) is 7.47. The maximum atomic E-state index is 2.64. The highest BCUT2D eigenvalue weighted by atomic mass is 15.0. The highest BCUT2D eigenvalue weighted by molar-refractivity contribution is 6.49. The lowest BCUT2D eigenvalue weighted by Crippen LogP contribution is -2.14. The van der Waals surface area contributed by atoms with Crippen LogP contribution in [-0.2, 0) is 5.41 Å². The molecule has 24 aromatic carbocycles. The van der Waals surface area contributed by atoms with Crippen LogP contribution in [0.25, 0.3) is 256 Å². The highest BCUT2D eigenvalue weighted by Crippen LogP contribution is 2.61. The van der Waals surface area contributed by atoms with Crippen LogP contribution in [0.15, 0.2) is 346 Å². The van der Waals surface area contributed by atoms with Gasteiger partial charge in [-0.05, 0) is 294 Å². The summed E-state index contributed by atoms with van der Waals surface area (Å²) in [5.74, 6) is 0. The van der Waals surface area contributed by atoms with Gasteiger partial charge in [0, 0.05) is 21.9 Å². The van der Waals surface area contributed by atoms with Crippen molar-refractivity contribution in [3.63, 3.8) is 0 Å². The summed E-state index contributed by atoms with van der Waals surface area (Å²) in [7, 11) is 0. The summed E-state index contributed by atoms with van der Waals surface area (Å²) in [6.45, 7) is 4.92. The van der Waals surface area contributed by atoms with Crippen molar-refractivity contribution in [3.05, 3.63) is 357 Å². The van der Waals surface area contributed by atoms with Crippen LogP contribution in [0.3, 0.4) is 0 Å². The molecule has 1 aromatic heterocycles. The standard InChI is InChI=1S/C109H63N/c1-109(2)89-55-67-29-13-12-28-66(67)54-84(89)101-76-39-22-43-80-99(76)87(58-90(101)109)107-96(104-79-42-21-38-74-69-32-14-16-34-71(69)82(98(74)79)56-85(104)93(105(80)107)62-24-6-3-7-25-62)65-52-48-61(49-53-65)60-46-50-64(51-47-60)94-86-57-83-72-35-17-15-33-70(72)73-37-20-41-78(97(73)83)103(86)95(63-26-8-4-9-27-63)108-88-59-92-102(77-40-23-44-81(100(77)88)106(94)108)75-36-18-19-45-91(75)110(92)68-30-10-5-11-31-68/h3-59H,1-2H3. The van der Waals surface area contributed by atoms with E-state index in [9.17, 15) is 0 Å². The normalized spacial score (nSPS) is 13.3. The number of rotatable bonds is 6. The van der Waals surface area contributed by atoms with Gasteiger partial charge in [-0.15, -0.1) is 0 Å². The molecule has 0 saturated heterocycles. The van der Waals surface area contributed by atoms with E-state index in [2.05, 4.69) is 364 Å². The number of nitrogens with zero attached hydrogens (tertiary/aromatic N) is 1. The fourth-order valence-corrected chi connectivity index (χ4v) is 21.8. The topological polar surface area (TPSA) is 4.93 Å². The van der Waals surface area contributed by atoms with E-state index in [0.29, 0.717) is 0 Å². The van der Waals surface area contributed by atoms with Crippen molar-refractivity contribution >= 4 is 183 Å². The second-order valence-electron chi connectivity index (χ2n) is 31.8. The third-order valence-corrected chi connectivity index (χ3v) is 26.2. The predicted octanol–water partition coefficient (Wildman–Crippen LogP) is 30.5. The van der Waals surface area contributed by atoms with Crippen LogP contribution in [0.4, 0.5) is 0 Å². The van der Waals surface area contributed by atoms with Crippen molar-refractivity contribution in [2.75, 3.05) is 0 Å². The maximum Gasteiger partial charge on any atom is 0.0553 e. The molecule has 0 spiro atoms. The van der Waals surface area contributed by atoms with Gasteiger partial charge in [-0.2, -0.15) is 0 Å². The average Bonchev–Trinajstić information content (AvgIpc) is 1.52. The Morgan fingerprint density at radius 3 is 1.09 bits per heavy atom. The van der Waals surface area contributed by atoms with Gasteiger partial charge in [0.1, 0.15) is 0 Å². The Hall–Kier alpha value is -14.0. The van der Waals surface area contributed by atoms with Gasteiger partial charge < -0.3 is 4.57 Å². The lowest BCUT2D eigenvalue weighted by atomic mass is 9.80. The first-order chi connectivity index (χ1) is 54.4. The van der Waals surface area contributed by atoms with Gasteiger partial charge in [0.15, 0.2) is 0 Å². The van der Waals surface area contributed by atoms with Crippen molar-refractivity contribution in [3.8, 4) is 72.4 Å². The second-order valence-corrected chi connectivity index (χ2v) is 31.8. The molecule has 0 atom stereocenters. The van der Waals surface area contributed by atoms with E-state index in [-0.39, 0.29) is 5.41 Å². The molecule has 504 valence electrons. The van der Waals surface area contributed by atoms with Crippen molar-refractivity contribution in [2.24, 2.45) is 0 Å². The molecule has 0 saturated carbocycles. The summed E-state index contributed by atoms with van der Waals surface area (Å²) in [6.07, 6.45) is 0. The van der Waals surface area contributed by atoms with Crippen LogP contribution in [0.2, 0.25) is 0 Å². The zero-order chi connectivity index (χ0) is 71.7. The largest absolute Gasteiger partial charge is 0.309 e. The Balaban J connectivity index is 0.738. The maximum absolute atomic E-state index is 2.64. The minimum Gasteiger partial charge on any atom is -0.309 e. The van der Waals surface area contributed by atoms with Crippen molar-refractivity contribution in [1.82, 2.24) is 4.57 Å². The SMILES string of the molecule is CC1(C)c2cc3ccccc3cc2-c2c1cc1c3c(-c4ccc(-c5ccc(-c6c7cc8c9ccccc9c9cccc(c7c(-c7ccccc7)c7c%10cc%11c(c%12cccc(c67)c%10%12)c6ccccc6n%11-c6ccccc6)c98)cc5)cc4)c4c(cc5c6ccccc6c6cccc4c65)c(-c4ccccc4)c3c3cccc2c31. The summed E-state index contributed by atoms with van der Waals surface area (Å²) in [5, 5.41) is 41.5. The van der Waals surface area contributed by atoms with E-state index < -0.39 is 0 Å². The molecule has 1 nitrogen and oxygen atoms in total. The van der Waals surface area contributed by atoms with Crippen LogP contribution in [-0.4, -0.2) is 4.57 Å². The van der Waals surface area contributed by atoms with Gasteiger partial charge in [0.2, 0.25) is 0 Å². The Bertz CT molecular complexity index is 8350. The monoisotopic (exact) mass is 1390 g/mol. The van der Waals surface area contributed by atoms with Crippen LogP contribution in [0.1, 0.15) is 25.0 Å². The van der Waals surface area contributed by atoms with Gasteiger partial charge in [0.05, 0.1) is 11.0 Å². The molecule has 0 radical (unpaired) electrons. The summed E-state index contributed by atoms with van der Waals surface area (Å²) in [4.78, 5) is 0. The second kappa shape index (κ2) is 21.2. The number of fused-ring (bicyclic) bond motifs is 25. The molecule has 110 heavy (non-hydrogen) atoms. The third-order valence-electron chi connectivity index (χ3n) is 26.2. The molecule has 1 aliphatic carbocycles. The van der Waals surface area contributed by atoms with E-state index in [1.54, 1.807) is 0 Å². The van der Waals surface area contributed by atoms with E-state index in [1.165, 1.54) is 261 Å². The number of aromatic nitrogens is 1. The minimum atomic E-state index is -0.257. The lowest BCUT2D eigenvalue weighted by Gasteiger charge is -2.22. The molecule has 1 heteroatoms. The van der Waals surface area contributed by atoms with Crippen molar-refractivity contribution < 1.29 is 0 Å². The molecule has 26 rings (SSSR count). The summed E-state index contributed by atoms with van der Waals surface area (Å²) in [5.41, 5.74) is 21.1.